The minimum absolute atomic E-state index is 0.0148. The fourth-order valence-electron chi connectivity index (χ4n) is 4.51. The van der Waals surface area contributed by atoms with Crippen LogP contribution in [0.15, 0.2) is 29.2 Å². The van der Waals surface area contributed by atoms with Gasteiger partial charge in [0.1, 0.15) is 0 Å². The number of hydrogen-bond donors (Lipinski definition) is 2. The molecule has 156 valence electrons. The van der Waals surface area contributed by atoms with Crippen molar-refractivity contribution in [3.63, 3.8) is 0 Å². The average Bonchev–Trinajstić information content (AvgIpc) is 2.68. The van der Waals surface area contributed by atoms with Gasteiger partial charge in [-0.15, -0.1) is 0 Å². The maximum absolute atomic E-state index is 12.9. The Balaban J connectivity index is 1.58. The second kappa shape index (κ2) is 9.37. The number of nitrogens with one attached hydrogen (secondary N) is 2. The molecule has 0 bridgehead atoms. The van der Waals surface area contributed by atoms with E-state index >= 15 is 0 Å². The molecule has 1 aromatic rings. The lowest BCUT2D eigenvalue weighted by molar-refractivity contribution is -0.900. The van der Waals surface area contributed by atoms with E-state index in [4.69, 9.17) is 0 Å². The molecule has 1 aliphatic heterocycles. The highest BCUT2D eigenvalue weighted by Crippen LogP contribution is 2.26. The maximum atomic E-state index is 12.9. The zero-order valence-electron chi connectivity index (χ0n) is 17.1. The number of quaternary nitrogens is 1. The lowest BCUT2D eigenvalue weighted by Crippen LogP contribution is -3.14. The van der Waals surface area contributed by atoms with Crippen LogP contribution in [-0.4, -0.2) is 51.4 Å². The van der Waals surface area contributed by atoms with E-state index in [1.165, 1.54) is 28.5 Å². The number of rotatable bonds is 6. The molecule has 0 radical (unpaired) electrons. The number of sulfonamides is 1. The van der Waals surface area contributed by atoms with Crippen molar-refractivity contribution in [1.29, 1.82) is 0 Å². The number of amides is 1. The van der Waals surface area contributed by atoms with Crippen LogP contribution in [0.2, 0.25) is 0 Å². The molecule has 1 saturated heterocycles. The fourth-order valence-corrected chi connectivity index (χ4v) is 5.92. The van der Waals surface area contributed by atoms with Gasteiger partial charge in [-0.3, -0.25) is 4.79 Å². The first-order valence-electron chi connectivity index (χ1n) is 10.6. The van der Waals surface area contributed by atoms with Crippen molar-refractivity contribution in [1.82, 2.24) is 4.31 Å². The predicted octanol–water partition coefficient (Wildman–Crippen LogP) is 1.89. The van der Waals surface area contributed by atoms with E-state index in [0.717, 1.165) is 38.8 Å². The average molecular weight is 409 g/mol. The van der Waals surface area contributed by atoms with Crippen LogP contribution in [0.25, 0.3) is 0 Å². The zero-order chi connectivity index (χ0) is 20.1. The highest BCUT2D eigenvalue weighted by molar-refractivity contribution is 7.89. The molecule has 1 saturated carbocycles. The molecule has 7 heteroatoms. The third kappa shape index (κ3) is 5.33. The summed E-state index contributed by atoms with van der Waals surface area (Å²) in [6.45, 7) is 4.79. The fraction of sp³-hybridized carbons (Fsp3) is 0.667. The van der Waals surface area contributed by atoms with Gasteiger partial charge in [0.15, 0.2) is 6.54 Å². The zero-order valence-corrected chi connectivity index (χ0v) is 17.9. The maximum Gasteiger partial charge on any atom is 0.279 e. The number of nitrogens with zero attached hydrogens (tertiary/aromatic N) is 1. The van der Waals surface area contributed by atoms with Crippen molar-refractivity contribution in [3.8, 4) is 0 Å². The van der Waals surface area contributed by atoms with Crippen molar-refractivity contribution < 1.29 is 18.1 Å². The first-order chi connectivity index (χ1) is 13.4. The quantitative estimate of drug-likeness (QED) is 0.755. The van der Waals surface area contributed by atoms with E-state index in [9.17, 15) is 13.2 Å². The summed E-state index contributed by atoms with van der Waals surface area (Å²) in [4.78, 5) is 13.9. The van der Waals surface area contributed by atoms with Gasteiger partial charge in [0, 0.05) is 24.7 Å². The summed E-state index contributed by atoms with van der Waals surface area (Å²) in [6.07, 6.45) is 7.65. The van der Waals surface area contributed by atoms with E-state index < -0.39 is 10.0 Å². The molecule has 1 amide bonds. The topological polar surface area (TPSA) is 70.9 Å². The van der Waals surface area contributed by atoms with Gasteiger partial charge >= 0.3 is 0 Å². The summed E-state index contributed by atoms with van der Waals surface area (Å²) in [5.41, 5.74) is 0.647. The van der Waals surface area contributed by atoms with Gasteiger partial charge in [-0.2, -0.15) is 4.31 Å². The molecule has 1 aliphatic carbocycles. The molecule has 2 fully saturated rings. The molecule has 2 N–H and O–H groups in total. The van der Waals surface area contributed by atoms with E-state index in [1.807, 2.05) is 0 Å². The van der Waals surface area contributed by atoms with E-state index in [1.54, 1.807) is 31.3 Å². The van der Waals surface area contributed by atoms with Gasteiger partial charge in [0.05, 0.1) is 18.0 Å². The Bertz CT molecular complexity index is 758. The van der Waals surface area contributed by atoms with Gasteiger partial charge < -0.3 is 10.2 Å². The van der Waals surface area contributed by atoms with Crippen molar-refractivity contribution in [2.45, 2.75) is 62.8 Å². The number of likely N-dealkylation sites (tertiary alicyclic amines) is 1. The van der Waals surface area contributed by atoms with E-state index in [0.29, 0.717) is 18.2 Å². The van der Waals surface area contributed by atoms with E-state index in [-0.39, 0.29) is 16.8 Å². The summed E-state index contributed by atoms with van der Waals surface area (Å²) in [7, 11) is -1.81. The molecule has 28 heavy (non-hydrogen) atoms. The van der Waals surface area contributed by atoms with Crippen molar-refractivity contribution in [2.75, 3.05) is 32.0 Å². The molecule has 2 atom stereocenters. The van der Waals surface area contributed by atoms with Gasteiger partial charge in [-0.1, -0.05) is 26.2 Å². The minimum Gasteiger partial charge on any atom is -0.327 e. The normalized spacial score (nSPS) is 24.2. The monoisotopic (exact) mass is 408 g/mol. The largest absolute Gasteiger partial charge is 0.327 e. The first kappa shape index (κ1) is 21.3. The molecule has 1 heterocycles. The van der Waals surface area contributed by atoms with Gasteiger partial charge in [0.2, 0.25) is 10.0 Å². The number of carbonyl (C=O) groups is 1. The number of carbonyl (C=O) groups excluding carboxylic acids is 1. The number of anilines is 1. The number of hydrogen-bond acceptors (Lipinski definition) is 3. The standard InChI is InChI=1S/C21H33N3O3S/c1-17-7-6-14-24(15-17)16-21(25)22-18-10-12-20(13-11-18)28(26,27)23(2)19-8-4-3-5-9-19/h10-13,17,19H,3-9,14-16H2,1-2H3,(H,22,25)/p+1/t17-/m1/s1. The second-order valence-corrected chi connectivity index (χ2v) is 10.5. The minimum atomic E-state index is -3.50. The molecular formula is C21H34N3O3S+. The summed E-state index contributed by atoms with van der Waals surface area (Å²) in [5.74, 6) is 0.654. The van der Waals surface area contributed by atoms with Crippen LogP contribution in [0, 0.1) is 5.92 Å². The number of piperidine rings is 1. The van der Waals surface area contributed by atoms with Crippen molar-refractivity contribution >= 4 is 21.6 Å². The molecule has 3 rings (SSSR count). The smallest absolute Gasteiger partial charge is 0.279 e. The summed E-state index contributed by atoms with van der Waals surface area (Å²) < 4.78 is 27.3. The Morgan fingerprint density at radius 1 is 1.11 bits per heavy atom. The van der Waals surface area contributed by atoms with Crippen LogP contribution in [0.5, 0.6) is 0 Å². The Hall–Kier alpha value is -1.44. The summed E-state index contributed by atoms with van der Waals surface area (Å²) in [6, 6.07) is 6.66. The molecule has 2 aliphatic rings. The van der Waals surface area contributed by atoms with Crippen LogP contribution < -0.4 is 10.2 Å². The van der Waals surface area contributed by atoms with Crippen LogP contribution in [-0.2, 0) is 14.8 Å². The lowest BCUT2D eigenvalue weighted by atomic mass is 9.96. The summed E-state index contributed by atoms with van der Waals surface area (Å²) in [5, 5.41) is 2.91. The Morgan fingerprint density at radius 2 is 1.79 bits per heavy atom. The highest BCUT2D eigenvalue weighted by Gasteiger charge is 2.29. The third-order valence-corrected chi connectivity index (χ3v) is 8.10. The predicted molar refractivity (Wildman–Crippen MR) is 111 cm³/mol. The van der Waals surface area contributed by atoms with Crippen LogP contribution in [0.3, 0.4) is 0 Å². The molecular weight excluding hydrogens is 374 g/mol. The number of benzene rings is 1. The first-order valence-corrected chi connectivity index (χ1v) is 12.0. The molecule has 0 aromatic heterocycles. The van der Waals surface area contributed by atoms with Crippen molar-refractivity contribution in [2.24, 2.45) is 5.92 Å². The van der Waals surface area contributed by atoms with E-state index in [2.05, 4.69) is 12.2 Å². The van der Waals surface area contributed by atoms with Crippen molar-refractivity contribution in [3.05, 3.63) is 24.3 Å². The third-order valence-electron chi connectivity index (χ3n) is 6.18. The lowest BCUT2D eigenvalue weighted by Gasteiger charge is -2.30. The van der Waals surface area contributed by atoms with Crippen LogP contribution in [0.4, 0.5) is 5.69 Å². The van der Waals surface area contributed by atoms with Crippen LogP contribution >= 0.6 is 0 Å². The Morgan fingerprint density at radius 3 is 2.43 bits per heavy atom. The Labute approximate surface area is 169 Å². The van der Waals surface area contributed by atoms with Gasteiger partial charge in [-0.25, -0.2) is 8.42 Å². The highest BCUT2D eigenvalue weighted by atomic mass is 32.2. The Kier molecular flexibility index (Phi) is 7.12. The molecule has 6 nitrogen and oxygen atoms in total. The second-order valence-electron chi connectivity index (χ2n) is 8.51. The van der Waals surface area contributed by atoms with Gasteiger partial charge in [-0.05, 0) is 49.9 Å². The molecule has 1 aromatic carbocycles. The van der Waals surface area contributed by atoms with Crippen LogP contribution in [0.1, 0.15) is 51.9 Å². The SMILES string of the molecule is C[C@@H]1CCC[NH+](CC(=O)Nc2ccc(S(=O)(=O)N(C)C3CCCCC3)cc2)C1. The molecule has 1 unspecified atom stereocenters. The molecule has 0 spiro atoms. The van der Waals surface area contributed by atoms with Gasteiger partial charge in [0.25, 0.3) is 5.91 Å². The summed E-state index contributed by atoms with van der Waals surface area (Å²) >= 11 is 0.